The lowest BCUT2D eigenvalue weighted by molar-refractivity contribution is -0.137. The number of hydrogen-bond donors (Lipinski definition) is 2. The van der Waals surface area contributed by atoms with Crippen molar-refractivity contribution in [3.8, 4) is 5.75 Å². The van der Waals surface area contributed by atoms with Gasteiger partial charge in [0.2, 0.25) is 0 Å². The van der Waals surface area contributed by atoms with Crippen LogP contribution in [0.3, 0.4) is 0 Å². The first kappa shape index (κ1) is 16.6. The Morgan fingerprint density at radius 3 is 2.59 bits per heavy atom. The molecular formula is C15H18F3NO3. The number of rotatable bonds is 5. The molecule has 0 bridgehead atoms. The quantitative estimate of drug-likeness (QED) is 0.877. The highest BCUT2D eigenvalue weighted by molar-refractivity contribution is 5.78. The van der Waals surface area contributed by atoms with Crippen LogP contribution in [0.25, 0.3) is 0 Å². The second-order valence-electron chi connectivity index (χ2n) is 5.51. The normalized spacial score (nSPS) is 17.3. The van der Waals surface area contributed by atoms with Crippen LogP contribution in [0.2, 0.25) is 0 Å². The smallest absolute Gasteiger partial charge is 0.416 e. The third kappa shape index (κ3) is 4.13. The predicted molar refractivity (Wildman–Crippen MR) is 73.4 cm³/mol. The molecule has 1 aromatic rings. The van der Waals surface area contributed by atoms with Gasteiger partial charge in [-0.05, 0) is 31.0 Å². The first-order chi connectivity index (χ1) is 10.3. The first-order valence-corrected chi connectivity index (χ1v) is 7.07. The lowest BCUT2D eigenvalue weighted by Crippen LogP contribution is -2.50. The fourth-order valence-electron chi connectivity index (χ4n) is 2.62. The number of aliphatic hydroxyl groups is 1. The van der Waals surface area contributed by atoms with E-state index in [0.29, 0.717) is 12.8 Å². The number of halogens is 3. The van der Waals surface area contributed by atoms with Gasteiger partial charge in [0.15, 0.2) is 6.61 Å². The first-order valence-electron chi connectivity index (χ1n) is 7.07. The van der Waals surface area contributed by atoms with Crippen LogP contribution in [-0.4, -0.2) is 29.8 Å². The highest BCUT2D eigenvalue weighted by Gasteiger charge is 2.34. The summed E-state index contributed by atoms with van der Waals surface area (Å²) < 4.78 is 42.8. The SMILES string of the molecule is O=C(COc1cccc(C(F)(F)F)c1)NC1(CO)CCCC1. The second-order valence-corrected chi connectivity index (χ2v) is 5.51. The van der Waals surface area contributed by atoms with Gasteiger partial charge in [-0.3, -0.25) is 4.79 Å². The third-order valence-corrected chi connectivity index (χ3v) is 3.80. The fraction of sp³-hybridized carbons (Fsp3) is 0.533. The lowest BCUT2D eigenvalue weighted by atomic mass is 9.99. The van der Waals surface area contributed by atoms with Crippen molar-refractivity contribution < 1.29 is 27.8 Å². The summed E-state index contributed by atoms with van der Waals surface area (Å²) in [5.74, 6) is -0.470. The number of alkyl halides is 3. The van der Waals surface area contributed by atoms with E-state index in [-0.39, 0.29) is 19.0 Å². The minimum atomic E-state index is -4.45. The van der Waals surface area contributed by atoms with Crippen molar-refractivity contribution in [3.63, 3.8) is 0 Å². The van der Waals surface area contributed by atoms with Crippen molar-refractivity contribution in [2.24, 2.45) is 0 Å². The molecule has 0 radical (unpaired) electrons. The number of aliphatic hydroxyl groups excluding tert-OH is 1. The zero-order valence-electron chi connectivity index (χ0n) is 11.9. The van der Waals surface area contributed by atoms with E-state index in [1.54, 1.807) is 0 Å². The maximum atomic E-state index is 12.6. The van der Waals surface area contributed by atoms with E-state index in [2.05, 4.69) is 5.32 Å². The molecule has 122 valence electrons. The van der Waals surface area contributed by atoms with E-state index >= 15 is 0 Å². The summed E-state index contributed by atoms with van der Waals surface area (Å²) in [6.07, 6.45) is -1.21. The van der Waals surface area contributed by atoms with E-state index in [9.17, 15) is 23.1 Å². The Hall–Kier alpha value is -1.76. The summed E-state index contributed by atoms with van der Waals surface area (Å²) >= 11 is 0. The van der Waals surface area contributed by atoms with Crippen molar-refractivity contribution >= 4 is 5.91 Å². The zero-order valence-corrected chi connectivity index (χ0v) is 11.9. The van der Waals surface area contributed by atoms with Crippen LogP contribution in [0.15, 0.2) is 24.3 Å². The molecule has 7 heteroatoms. The Kier molecular flexibility index (Phi) is 4.95. The molecule has 2 N–H and O–H groups in total. The number of hydrogen-bond acceptors (Lipinski definition) is 3. The lowest BCUT2D eigenvalue weighted by Gasteiger charge is -2.27. The molecule has 1 aliphatic carbocycles. The molecule has 0 saturated heterocycles. The summed E-state index contributed by atoms with van der Waals surface area (Å²) in [6, 6.07) is 4.37. The molecule has 1 amide bonds. The number of carbonyl (C=O) groups is 1. The van der Waals surface area contributed by atoms with E-state index in [1.165, 1.54) is 12.1 Å². The molecule has 0 atom stereocenters. The molecule has 0 spiro atoms. The molecular weight excluding hydrogens is 299 g/mol. The Morgan fingerprint density at radius 1 is 1.32 bits per heavy atom. The minimum Gasteiger partial charge on any atom is -0.484 e. The topological polar surface area (TPSA) is 58.6 Å². The number of carbonyl (C=O) groups excluding carboxylic acids is 1. The summed E-state index contributed by atoms with van der Waals surface area (Å²) in [4.78, 5) is 11.8. The summed E-state index contributed by atoms with van der Waals surface area (Å²) in [7, 11) is 0. The number of amides is 1. The molecule has 1 aliphatic rings. The molecule has 0 unspecified atom stereocenters. The highest BCUT2D eigenvalue weighted by Crippen LogP contribution is 2.31. The van der Waals surface area contributed by atoms with Gasteiger partial charge in [-0.2, -0.15) is 13.2 Å². The van der Waals surface area contributed by atoms with Gasteiger partial charge in [-0.1, -0.05) is 18.9 Å². The van der Waals surface area contributed by atoms with Crippen LogP contribution >= 0.6 is 0 Å². The van der Waals surface area contributed by atoms with Crippen LogP contribution in [0.4, 0.5) is 13.2 Å². The van der Waals surface area contributed by atoms with Gasteiger partial charge in [0, 0.05) is 0 Å². The van der Waals surface area contributed by atoms with Crippen LogP contribution in [0.1, 0.15) is 31.2 Å². The van der Waals surface area contributed by atoms with E-state index in [0.717, 1.165) is 25.0 Å². The summed E-state index contributed by atoms with van der Waals surface area (Å²) in [6.45, 7) is -0.536. The average Bonchev–Trinajstić information content (AvgIpc) is 2.94. The van der Waals surface area contributed by atoms with E-state index < -0.39 is 23.2 Å². The monoisotopic (exact) mass is 317 g/mol. The van der Waals surface area contributed by atoms with Crippen molar-refractivity contribution in [1.29, 1.82) is 0 Å². The van der Waals surface area contributed by atoms with Crippen molar-refractivity contribution in [3.05, 3.63) is 29.8 Å². The largest absolute Gasteiger partial charge is 0.484 e. The molecule has 1 aromatic carbocycles. The number of benzene rings is 1. The van der Waals surface area contributed by atoms with Gasteiger partial charge < -0.3 is 15.2 Å². The molecule has 2 rings (SSSR count). The standard InChI is InChI=1S/C15H18F3NO3/c16-15(17,18)11-4-3-5-12(8-11)22-9-13(21)19-14(10-20)6-1-2-7-14/h3-5,8,20H,1-2,6-7,9-10H2,(H,19,21). The molecule has 1 fully saturated rings. The van der Waals surface area contributed by atoms with Gasteiger partial charge in [-0.15, -0.1) is 0 Å². The third-order valence-electron chi connectivity index (χ3n) is 3.80. The van der Waals surface area contributed by atoms with Gasteiger partial charge in [0.05, 0.1) is 17.7 Å². The van der Waals surface area contributed by atoms with Gasteiger partial charge in [-0.25, -0.2) is 0 Å². The van der Waals surface area contributed by atoms with Gasteiger partial charge in [0.25, 0.3) is 5.91 Å². The maximum absolute atomic E-state index is 12.6. The predicted octanol–water partition coefficient (Wildman–Crippen LogP) is 2.51. The Morgan fingerprint density at radius 2 is 2.00 bits per heavy atom. The van der Waals surface area contributed by atoms with Gasteiger partial charge in [0.1, 0.15) is 5.75 Å². The summed E-state index contributed by atoms with van der Waals surface area (Å²) in [5.41, 5.74) is -1.44. The van der Waals surface area contributed by atoms with Crippen LogP contribution in [0.5, 0.6) is 5.75 Å². The van der Waals surface area contributed by atoms with Crippen LogP contribution in [-0.2, 0) is 11.0 Å². The van der Waals surface area contributed by atoms with Gasteiger partial charge >= 0.3 is 6.18 Å². The number of ether oxygens (including phenoxy) is 1. The van der Waals surface area contributed by atoms with Crippen molar-refractivity contribution in [1.82, 2.24) is 5.32 Å². The molecule has 4 nitrogen and oxygen atoms in total. The Bertz CT molecular complexity index is 525. The minimum absolute atomic E-state index is 0.0190. The zero-order chi connectivity index (χ0) is 16.2. The summed E-state index contributed by atoms with van der Waals surface area (Å²) in [5, 5.41) is 12.1. The molecule has 0 aromatic heterocycles. The van der Waals surface area contributed by atoms with Crippen molar-refractivity contribution in [2.75, 3.05) is 13.2 Å². The van der Waals surface area contributed by atoms with E-state index in [1.807, 2.05) is 0 Å². The highest BCUT2D eigenvalue weighted by atomic mass is 19.4. The molecule has 22 heavy (non-hydrogen) atoms. The molecule has 1 saturated carbocycles. The Balaban J connectivity index is 1.91. The molecule has 0 heterocycles. The second kappa shape index (κ2) is 6.56. The van der Waals surface area contributed by atoms with E-state index in [4.69, 9.17) is 4.74 Å². The van der Waals surface area contributed by atoms with Crippen LogP contribution < -0.4 is 10.1 Å². The fourth-order valence-corrected chi connectivity index (χ4v) is 2.62. The van der Waals surface area contributed by atoms with Crippen LogP contribution in [0, 0.1) is 0 Å². The van der Waals surface area contributed by atoms with Crippen molar-refractivity contribution in [2.45, 2.75) is 37.4 Å². The Labute approximate surface area is 126 Å². The average molecular weight is 317 g/mol. The number of nitrogens with one attached hydrogen (secondary N) is 1. The molecule has 0 aliphatic heterocycles. The maximum Gasteiger partial charge on any atom is 0.416 e.